The molecule has 0 aliphatic rings. The van der Waals surface area contributed by atoms with E-state index in [0.29, 0.717) is 35.3 Å². The first-order valence-electron chi connectivity index (χ1n) is 11.4. The summed E-state index contributed by atoms with van der Waals surface area (Å²) in [4.78, 5) is 36.8. The monoisotopic (exact) mass is 464 g/mol. The van der Waals surface area contributed by atoms with Crippen molar-refractivity contribution in [1.29, 1.82) is 0 Å². The van der Waals surface area contributed by atoms with Gasteiger partial charge in [-0.1, -0.05) is 50.6 Å². The summed E-state index contributed by atoms with van der Waals surface area (Å²) in [6, 6.07) is 12.1. The Kier molecular flexibility index (Phi) is 7.76. The number of nitrogens with one attached hydrogen (secondary N) is 1. The fourth-order valence-electron chi connectivity index (χ4n) is 3.89. The molecule has 0 aliphatic carbocycles. The quantitative estimate of drug-likeness (QED) is 0.488. The minimum Gasteiger partial charge on any atom is -0.548 e. The second kappa shape index (κ2) is 10.5. The van der Waals surface area contributed by atoms with Crippen LogP contribution in [0.1, 0.15) is 49.4 Å². The number of fused-ring (bicyclic) bond motifs is 1. The number of aliphatic carboxylic acids is 1. The van der Waals surface area contributed by atoms with Crippen molar-refractivity contribution in [2.75, 3.05) is 0 Å². The van der Waals surface area contributed by atoms with Crippen LogP contribution in [0, 0.1) is 19.8 Å². The molecule has 34 heavy (non-hydrogen) atoms. The van der Waals surface area contributed by atoms with Gasteiger partial charge < -0.3 is 24.4 Å². The average Bonchev–Trinajstić information content (AvgIpc) is 2.82. The molecule has 2 aromatic carbocycles. The van der Waals surface area contributed by atoms with E-state index in [1.54, 1.807) is 26.0 Å². The van der Waals surface area contributed by atoms with Crippen LogP contribution < -0.4 is 20.8 Å². The third-order valence-electron chi connectivity index (χ3n) is 6.32. The Bertz CT molecular complexity index is 1250. The summed E-state index contributed by atoms with van der Waals surface area (Å²) >= 11 is 0. The van der Waals surface area contributed by atoms with E-state index in [0.717, 1.165) is 16.5 Å². The molecule has 7 nitrogen and oxygen atoms in total. The first kappa shape index (κ1) is 25.0. The molecular formula is C27H30NO6-. The van der Waals surface area contributed by atoms with Gasteiger partial charge in [0.25, 0.3) is 5.91 Å². The highest BCUT2D eigenvalue weighted by atomic mass is 16.5. The molecule has 0 saturated heterocycles. The predicted molar refractivity (Wildman–Crippen MR) is 128 cm³/mol. The molecule has 3 rings (SSSR count). The van der Waals surface area contributed by atoms with Crippen LogP contribution in [0.2, 0.25) is 0 Å². The zero-order valence-electron chi connectivity index (χ0n) is 20.1. The van der Waals surface area contributed by atoms with Gasteiger partial charge in [0.15, 0.2) is 6.10 Å². The fraction of sp³-hybridized carbons (Fsp3) is 0.370. The lowest BCUT2D eigenvalue weighted by atomic mass is 9.98. The first-order valence-corrected chi connectivity index (χ1v) is 11.4. The number of rotatable bonds is 9. The molecular weight excluding hydrogens is 434 g/mol. The topological polar surface area (TPSA) is 109 Å². The van der Waals surface area contributed by atoms with Crippen molar-refractivity contribution in [3.8, 4) is 5.75 Å². The summed E-state index contributed by atoms with van der Waals surface area (Å²) < 4.78 is 11.5. The molecule has 3 aromatic rings. The van der Waals surface area contributed by atoms with Crippen LogP contribution in [-0.2, 0) is 16.0 Å². The molecule has 0 bridgehead atoms. The Hall–Kier alpha value is -3.61. The Labute approximate surface area is 198 Å². The van der Waals surface area contributed by atoms with Gasteiger partial charge in [-0.05, 0) is 49.9 Å². The molecule has 0 spiro atoms. The minimum atomic E-state index is -1.33. The van der Waals surface area contributed by atoms with E-state index in [2.05, 4.69) is 5.32 Å². The lowest BCUT2D eigenvalue weighted by Gasteiger charge is -2.27. The summed E-state index contributed by atoms with van der Waals surface area (Å²) in [6.45, 7) is 8.75. The number of aryl methyl sites for hydroxylation is 2. The Morgan fingerprint density at radius 2 is 1.74 bits per heavy atom. The average molecular weight is 465 g/mol. The van der Waals surface area contributed by atoms with Crippen LogP contribution in [0.15, 0.2) is 51.7 Å². The van der Waals surface area contributed by atoms with Crippen molar-refractivity contribution < 1.29 is 23.8 Å². The maximum absolute atomic E-state index is 12.8. The molecule has 3 atom stereocenters. The molecule has 0 aliphatic heterocycles. The van der Waals surface area contributed by atoms with E-state index in [1.807, 2.05) is 44.2 Å². The van der Waals surface area contributed by atoms with E-state index in [1.165, 1.54) is 6.92 Å². The Balaban J connectivity index is 1.86. The maximum atomic E-state index is 12.8. The Morgan fingerprint density at radius 1 is 1.06 bits per heavy atom. The highest BCUT2D eigenvalue weighted by Crippen LogP contribution is 2.30. The van der Waals surface area contributed by atoms with Gasteiger partial charge in [-0.3, -0.25) is 4.79 Å². The molecule has 180 valence electrons. The molecule has 7 heteroatoms. The molecule has 0 radical (unpaired) electrons. The van der Waals surface area contributed by atoms with Crippen molar-refractivity contribution in [2.24, 2.45) is 5.92 Å². The summed E-state index contributed by atoms with van der Waals surface area (Å²) in [5, 5.41) is 14.7. The van der Waals surface area contributed by atoms with Crippen molar-refractivity contribution in [1.82, 2.24) is 5.32 Å². The summed E-state index contributed by atoms with van der Waals surface area (Å²) in [6.07, 6.45) is 0.0740. The van der Waals surface area contributed by atoms with Gasteiger partial charge in [0.1, 0.15) is 11.3 Å². The normalized spacial score (nSPS) is 13.8. The van der Waals surface area contributed by atoms with Crippen molar-refractivity contribution in [3.63, 3.8) is 0 Å². The van der Waals surface area contributed by atoms with Gasteiger partial charge in [0, 0.05) is 22.9 Å². The molecule has 1 N–H and O–H groups in total. The number of carboxylic acid groups (broad SMARTS) is 1. The SMILES string of the molecule is CC[C@H](C)[C@H](NC(=O)[C@H](C)Oc1ccc2c(C)c(Cc3ccccc3)c(=O)oc2c1C)C(=O)[O-]. The molecule has 0 saturated carbocycles. The van der Waals surface area contributed by atoms with E-state index in [9.17, 15) is 19.5 Å². The summed E-state index contributed by atoms with van der Waals surface area (Å²) in [7, 11) is 0. The number of ether oxygens (including phenoxy) is 1. The first-order chi connectivity index (χ1) is 16.1. The lowest BCUT2D eigenvalue weighted by Crippen LogP contribution is -2.54. The number of carbonyl (C=O) groups excluding carboxylic acids is 2. The van der Waals surface area contributed by atoms with E-state index >= 15 is 0 Å². The van der Waals surface area contributed by atoms with Crippen LogP contribution in [0.5, 0.6) is 5.75 Å². The van der Waals surface area contributed by atoms with Crippen LogP contribution >= 0.6 is 0 Å². The number of amides is 1. The van der Waals surface area contributed by atoms with Gasteiger partial charge in [0.2, 0.25) is 0 Å². The van der Waals surface area contributed by atoms with Crippen molar-refractivity contribution in [3.05, 3.63) is 75.1 Å². The standard InChI is InChI=1S/C27H31NO6/c1-6-15(2)23(26(30)31)28-25(29)18(5)33-22-13-12-20-16(3)21(14-19-10-8-7-9-11-19)27(32)34-24(20)17(22)4/h7-13,15,18,23H,6,14H2,1-5H3,(H,28,29)(H,30,31)/p-1/t15-,18-,23-/m0/s1. The van der Waals surface area contributed by atoms with Gasteiger partial charge in [-0.25, -0.2) is 4.79 Å². The van der Waals surface area contributed by atoms with Crippen LogP contribution in [0.4, 0.5) is 0 Å². The minimum absolute atomic E-state index is 0.286. The number of hydrogen-bond donors (Lipinski definition) is 1. The highest BCUT2D eigenvalue weighted by molar-refractivity contribution is 5.87. The van der Waals surface area contributed by atoms with Crippen LogP contribution in [-0.4, -0.2) is 24.0 Å². The van der Waals surface area contributed by atoms with E-state index in [-0.39, 0.29) is 5.92 Å². The second-order valence-electron chi connectivity index (χ2n) is 8.67. The molecule has 1 aromatic heterocycles. The van der Waals surface area contributed by atoms with Gasteiger partial charge in [-0.15, -0.1) is 0 Å². The number of carboxylic acids is 1. The molecule has 1 heterocycles. The molecule has 0 fully saturated rings. The lowest BCUT2D eigenvalue weighted by molar-refractivity contribution is -0.309. The van der Waals surface area contributed by atoms with Gasteiger partial charge >= 0.3 is 5.63 Å². The second-order valence-corrected chi connectivity index (χ2v) is 8.67. The number of carbonyl (C=O) groups is 2. The molecule has 1 amide bonds. The Morgan fingerprint density at radius 3 is 2.35 bits per heavy atom. The van der Waals surface area contributed by atoms with Gasteiger partial charge in [0.05, 0.1) is 12.0 Å². The third-order valence-corrected chi connectivity index (χ3v) is 6.32. The highest BCUT2D eigenvalue weighted by Gasteiger charge is 2.24. The van der Waals surface area contributed by atoms with Crippen LogP contribution in [0.25, 0.3) is 11.0 Å². The van der Waals surface area contributed by atoms with Crippen molar-refractivity contribution in [2.45, 2.75) is 59.6 Å². The van der Waals surface area contributed by atoms with E-state index in [4.69, 9.17) is 9.15 Å². The maximum Gasteiger partial charge on any atom is 0.340 e. The summed E-state index contributed by atoms with van der Waals surface area (Å²) in [5.74, 6) is -1.81. The zero-order valence-corrected chi connectivity index (χ0v) is 20.1. The largest absolute Gasteiger partial charge is 0.548 e. The zero-order chi connectivity index (χ0) is 25.0. The van der Waals surface area contributed by atoms with Crippen LogP contribution in [0.3, 0.4) is 0 Å². The fourth-order valence-corrected chi connectivity index (χ4v) is 3.89. The predicted octanol–water partition coefficient (Wildman–Crippen LogP) is 3.05. The smallest absolute Gasteiger partial charge is 0.340 e. The number of benzene rings is 2. The van der Waals surface area contributed by atoms with E-state index < -0.39 is 29.6 Å². The number of hydrogen-bond acceptors (Lipinski definition) is 6. The third kappa shape index (κ3) is 5.30. The van der Waals surface area contributed by atoms with Crippen molar-refractivity contribution >= 4 is 22.8 Å². The summed E-state index contributed by atoms with van der Waals surface area (Å²) in [5.41, 5.74) is 3.02. The molecule has 0 unspecified atom stereocenters. The van der Waals surface area contributed by atoms with Gasteiger partial charge in [-0.2, -0.15) is 0 Å².